The number of halogens is 1. The Morgan fingerprint density at radius 3 is 3.11 bits per heavy atom. The molecule has 0 amide bonds. The normalized spacial score (nSPS) is 30.3. The molecule has 3 rings (SSSR count). The van der Waals surface area contributed by atoms with Crippen molar-refractivity contribution in [1.29, 1.82) is 0 Å². The summed E-state index contributed by atoms with van der Waals surface area (Å²) in [6.07, 6.45) is 4.57. The van der Waals surface area contributed by atoms with Crippen LogP contribution in [0.2, 0.25) is 0 Å². The van der Waals surface area contributed by atoms with Gasteiger partial charge in [0.1, 0.15) is 17.2 Å². The molecule has 1 spiro atoms. The van der Waals surface area contributed by atoms with Crippen molar-refractivity contribution in [3.8, 4) is 5.75 Å². The van der Waals surface area contributed by atoms with Crippen LogP contribution >= 0.6 is 0 Å². The fraction of sp³-hybridized carbons (Fsp3) is 0.533. The van der Waals surface area contributed by atoms with E-state index >= 15 is 0 Å². The first kappa shape index (κ1) is 11.7. The van der Waals surface area contributed by atoms with E-state index in [1.54, 1.807) is 0 Å². The van der Waals surface area contributed by atoms with Crippen LogP contribution in [0.3, 0.4) is 0 Å². The van der Waals surface area contributed by atoms with Gasteiger partial charge in [-0.3, -0.25) is 4.79 Å². The van der Waals surface area contributed by atoms with Crippen LogP contribution < -0.4 is 4.74 Å². The summed E-state index contributed by atoms with van der Waals surface area (Å²) in [5, 5.41) is 0. The second-order valence-electron chi connectivity index (χ2n) is 5.40. The quantitative estimate of drug-likeness (QED) is 0.756. The van der Waals surface area contributed by atoms with Crippen LogP contribution in [0.5, 0.6) is 5.75 Å². The Labute approximate surface area is 106 Å². The van der Waals surface area contributed by atoms with E-state index < -0.39 is 0 Å². The van der Waals surface area contributed by atoms with Crippen molar-refractivity contribution >= 4 is 5.78 Å². The van der Waals surface area contributed by atoms with Crippen LogP contribution in [0.4, 0.5) is 4.39 Å². The van der Waals surface area contributed by atoms with Crippen LogP contribution in [0, 0.1) is 11.7 Å². The Hall–Kier alpha value is -1.38. The predicted octanol–water partition coefficient (Wildman–Crippen LogP) is 3.74. The molecule has 1 aromatic rings. The molecule has 2 unspecified atom stereocenters. The molecule has 3 heteroatoms. The molecule has 2 aliphatic rings. The van der Waals surface area contributed by atoms with Crippen molar-refractivity contribution in [1.82, 2.24) is 0 Å². The minimum atomic E-state index is -0.368. The molecule has 1 aliphatic heterocycles. The highest BCUT2D eigenvalue weighted by atomic mass is 19.1. The number of fused-ring (bicyclic) bond motifs is 1. The lowest BCUT2D eigenvalue weighted by Crippen LogP contribution is -2.45. The number of carbonyl (C=O) groups is 1. The molecule has 0 N–H and O–H groups in total. The van der Waals surface area contributed by atoms with Gasteiger partial charge in [0.05, 0.1) is 12.0 Å². The third-order valence-electron chi connectivity index (χ3n) is 4.41. The SMILES string of the molecule is CCC1CCCC12CC(=O)c1ccc(F)cc1O2. The summed E-state index contributed by atoms with van der Waals surface area (Å²) in [5.41, 5.74) is 0.163. The summed E-state index contributed by atoms with van der Waals surface area (Å²) < 4.78 is 19.4. The molecule has 1 aromatic carbocycles. The second kappa shape index (κ2) is 4.08. The lowest BCUT2D eigenvalue weighted by Gasteiger charge is -2.39. The van der Waals surface area contributed by atoms with Crippen molar-refractivity contribution in [3.05, 3.63) is 29.6 Å². The number of Topliss-reactive ketones (excluding diaryl/α,β-unsaturated/α-hetero) is 1. The number of ether oxygens (including phenoxy) is 1. The highest BCUT2D eigenvalue weighted by Gasteiger charge is 2.48. The van der Waals surface area contributed by atoms with Crippen molar-refractivity contribution in [3.63, 3.8) is 0 Å². The standard InChI is InChI=1S/C15H17FO2/c1-2-10-4-3-7-15(10)9-13(17)12-6-5-11(16)8-14(12)18-15/h5-6,8,10H,2-4,7,9H2,1H3. The van der Waals surface area contributed by atoms with E-state index in [2.05, 4.69) is 6.92 Å². The monoisotopic (exact) mass is 248 g/mol. The van der Waals surface area contributed by atoms with Gasteiger partial charge in [-0.15, -0.1) is 0 Å². The molecule has 0 aromatic heterocycles. The molecule has 2 atom stereocenters. The molecule has 96 valence electrons. The van der Waals surface area contributed by atoms with Gasteiger partial charge in [-0.2, -0.15) is 0 Å². The average Bonchev–Trinajstić information content (AvgIpc) is 2.70. The molecule has 0 radical (unpaired) electrons. The number of hydrogen-bond acceptors (Lipinski definition) is 2. The number of carbonyl (C=O) groups excluding carboxylic acids is 1. The molecule has 2 nitrogen and oxygen atoms in total. The van der Waals surface area contributed by atoms with Crippen LogP contribution in [0.15, 0.2) is 18.2 Å². The summed E-state index contributed by atoms with van der Waals surface area (Å²) in [6, 6.07) is 4.21. The van der Waals surface area contributed by atoms with Gasteiger partial charge >= 0.3 is 0 Å². The Kier molecular flexibility index (Phi) is 2.65. The minimum Gasteiger partial charge on any atom is -0.486 e. The molecular formula is C15H17FO2. The van der Waals surface area contributed by atoms with Gasteiger partial charge in [-0.1, -0.05) is 6.92 Å². The van der Waals surface area contributed by atoms with E-state index in [0.29, 0.717) is 23.7 Å². The van der Waals surface area contributed by atoms with Crippen LogP contribution in [0.25, 0.3) is 0 Å². The first-order valence-electron chi connectivity index (χ1n) is 6.66. The first-order valence-corrected chi connectivity index (χ1v) is 6.66. The van der Waals surface area contributed by atoms with Gasteiger partial charge in [0.15, 0.2) is 5.78 Å². The van der Waals surface area contributed by atoms with Crippen LogP contribution in [-0.2, 0) is 0 Å². The van der Waals surface area contributed by atoms with Crippen LogP contribution in [0.1, 0.15) is 49.4 Å². The van der Waals surface area contributed by atoms with Crippen molar-refractivity contribution in [2.24, 2.45) is 5.92 Å². The molecule has 18 heavy (non-hydrogen) atoms. The maximum absolute atomic E-state index is 13.3. The predicted molar refractivity (Wildman–Crippen MR) is 66.3 cm³/mol. The van der Waals surface area contributed by atoms with E-state index in [9.17, 15) is 9.18 Å². The zero-order chi connectivity index (χ0) is 12.8. The van der Waals surface area contributed by atoms with E-state index in [1.807, 2.05) is 0 Å². The number of benzene rings is 1. The van der Waals surface area contributed by atoms with Gasteiger partial charge in [0.25, 0.3) is 0 Å². The highest BCUT2D eigenvalue weighted by molar-refractivity contribution is 6.00. The van der Waals surface area contributed by atoms with Gasteiger partial charge in [-0.05, 0) is 43.7 Å². The summed E-state index contributed by atoms with van der Waals surface area (Å²) in [4.78, 5) is 12.2. The zero-order valence-corrected chi connectivity index (χ0v) is 10.5. The minimum absolute atomic E-state index is 0.0941. The highest BCUT2D eigenvalue weighted by Crippen LogP contribution is 2.47. The lowest BCUT2D eigenvalue weighted by atomic mass is 9.81. The Balaban J connectivity index is 2.02. The summed E-state index contributed by atoms with van der Waals surface area (Å²) >= 11 is 0. The van der Waals surface area contributed by atoms with E-state index in [-0.39, 0.29) is 17.2 Å². The molecular weight excluding hydrogens is 231 g/mol. The van der Waals surface area contributed by atoms with Crippen molar-refractivity contribution in [2.75, 3.05) is 0 Å². The number of hydrogen-bond donors (Lipinski definition) is 0. The van der Waals surface area contributed by atoms with Crippen molar-refractivity contribution in [2.45, 2.75) is 44.6 Å². The molecule has 0 bridgehead atoms. The second-order valence-corrected chi connectivity index (χ2v) is 5.40. The van der Waals surface area contributed by atoms with Gasteiger partial charge in [0.2, 0.25) is 0 Å². The lowest BCUT2D eigenvalue weighted by molar-refractivity contribution is 0.0111. The van der Waals surface area contributed by atoms with E-state index in [1.165, 1.54) is 18.2 Å². The molecule has 1 aliphatic carbocycles. The summed E-state index contributed by atoms with van der Waals surface area (Å²) in [7, 11) is 0. The maximum atomic E-state index is 13.3. The topological polar surface area (TPSA) is 26.3 Å². The molecule has 1 fully saturated rings. The fourth-order valence-corrected chi connectivity index (χ4v) is 3.49. The molecule has 1 heterocycles. The van der Waals surface area contributed by atoms with Gasteiger partial charge in [-0.25, -0.2) is 4.39 Å². The summed E-state index contributed by atoms with van der Waals surface area (Å²) in [6.45, 7) is 2.13. The smallest absolute Gasteiger partial charge is 0.170 e. The summed E-state index contributed by atoms with van der Waals surface area (Å²) in [5.74, 6) is 0.603. The Bertz CT molecular complexity index is 497. The van der Waals surface area contributed by atoms with E-state index in [0.717, 1.165) is 25.7 Å². The molecule has 0 saturated heterocycles. The maximum Gasteiger partial charge on any atom is 0.170 e. The first-order chi connectivity index (χ1) is 8.64. The van der Waals surface area contributed by atoms with E-state index in [4.69, 9.17) is 4.74 Å². The Morgan fingerprint density at radius 2 is 2.33 bits per heavy atom. The largest absolute Gasteiger partial charge is 0.486 e. The Morgan fingerprint density at radius 1 is 1.50 bits per heavy atom. The average molecular weight is 248 g/mol. The zero-order valence-electron chi connectivity index (χ0n) is 10.5. The fourth-order valence-electron chi connectivity index (χ4n) is 3.49. The molecule has 1 saturated carbocycles. The number of ketones is 1. The van der Waals surface area contributed by atoms with Gasteiger partial charge < -0.3 is 4.74 Å². The van der Waals surface area contributed by atoms with Crippen molar-refractivity contribution < 1.29 is 13.9 Å². The van der Waals surface area contributed by atoms with Crippen LogP contribution in [-0.4, -0.2) is 11.4 Å². The van der Waals surface area contributed by atoms with Gasteiger partial charge in [0, 0.05) is 6.07 Å². The number of rotatable bonds is 1. The third kappa shape index (κ3) is 1.64. The third-order valence-corrected chi connectivity index (χ3v) is 4.41.